The van der Waals surface area contributed by atoms with Crippen LogP contribution in [0.1, 0.15) is 31.7 Å². The number of benzene rings is 1. The van der Waals surface area contributed by atoms with E-state index < -0.39 is 0 Å². The third-order valence-electron chi connectivity index (χ3n) is 2.47. The van der Waals surface area contributed by atoms with Crippen molar-refractivity contribution in [3.8, 4) is 0 Å². The van der Waals surface area contributed by atoms with Crippen LogP contribution in [0.25, 0.3) is 0 Å². The molecule has 0 fully saturated rings. The lowest BCUT2D eigenvalue weighted by molar-refractivity contribution is 0.158. The van der Waals surface area contributed by atoms with Crippen molar-refractivity contribution in [1.82, 2.24) is 0 Å². The van der Waals surface area contributed by atoms with Crippen molar-refractivity contribution in [2.45, 2.75) is 38.7 Å². The highest BCUT2D eigenvalue weighted by Gasteiger charge is 2.04. The minimum absolute atomic E-state index is 0.232. The Balaban J connectivity index is 2.44. The van der Waals surface area contributed by atoms with Crippen LogP contribution in [-0.2, 0) is 6.42 Å². The molecule has 0 heterocycles. The molecular weight excluding hydrogens is 215 g/mol. The van der Waals surface area contributed by atoms with Gasteiger partial charge >= 0.3 is 0 Å². The Morgan fingerprint density at radius 3 is 2.80 bits per heavy atom. The van der Waals surface area contributed by atoms with E-state index in [0.29, 0.717) is 5.02 Å². The van der Waals surface area contributed by atoms with Gasteiger partial charge in [-0.1, -0.05) is 24.6 Å². The number of hydrogen-bond acceptors (Lipinski definition) is 1. The Labute approximate surface area is 94.9 Å². The predicted octanol–water partition coefficient (Wildman–Crippen LogP) is 3.57. The minimum Gasteiger partial charge on any atom is -0.393 e. The van der Waals surface area contributed by atoms with Gasteiger partial charge in [0.2, 0.25) is 0 Å². The van der Waals surface area contributed by atoms with Crippen LogP contribution in [0.15, 0.2) is 18.2 Å². The standard InChI is InChI=1S/C12H16ClFO/c1-2-11(15)5-3-4-9-6-7-10(14)8-12(9)13/h6-8,11,15H,2-5H2,1H3. The van der Waals surface area contributed by atoms with Crippen LogP contribution in [0.3, 0.4) is 0 Å². The van der Waals surface area contributed by atoms with E-state index in [1.807, 2.05) is 6.92 Å². The minimum atomic E-state index is -0.308. The molecule has 3 heteroatoms. The Kier molecular flexibility index (Phi) is 5.06. The highest BCUT2D eigenvalue weighted by Crippen LogP contribution is 2.19. The van der Waals surface area contributed by atoms with E-state index >= 15 is 0 Å². The first-order chi connectivity index (χ1) is 7.13. The van der Waals surface area contributed by atoms with E-state index in [1.165, 1.54) is 12.1 Å². The Morgan fingerprint density at radius 2 is 2.20 bits per heavy atom. The van der Waals surface area contributed by atoms with E-state index in [4.69, 9.17) is 11.6 Å². The summed E-state index contributed by atoms with van der Waals surface area (Å²) in [6, 6.07) is 4.45. The fraction of sp³-hybridized carbons (Fsp3) is 0.500. The number of halogens is 2. The van der Waals surface area contributed by atoms with Gasteiger partial charge in [0.1, 0.15) is 5.82 Å². The second-order valence-corrected chi connectivity index (χ2v) is 4.10. The maximum absolute atomic E-state index is 12.7. The lowest BCUT2D eigenvalue weighted by Gasteiger charge is -2.08. The average Bonchev–Trinajstić information content (AvgIpc) is 2.21. The van der Waals surface area contributed by atoms with Crippen molar-refractivity contribution < 1.29 is 9.50 Å². The first kappa shape index (κ1) is 12.5. The number of aliphatic hydroxyl groups excluding tert-OH is 1. The highest BCUT2D eigenvalue weighted by molar-refractivity contribution is 6.31. The average molecular weight is 231 g/mol. The van der Waals surface area contributed by atoms with Crippen LogP contribution < -0.4 is 0 Å². The largest absolute Gasteiger partial charge is 0.393 e. The van der Waals surface area contributed by atoms with E-state index in [0.717, 1.165) is 31.2 Å². The van der Waals surface area contributed by atoms with E-state index in [1.54, 1.807) is 6.07 Å². The quantitative estimate of drug-likeness (QED) is 0.820. The molecule has 0 aliphatic rings. The molecule has 84 valence electrons. The molecule has 0 aliphatic heterocycles. The van der Waals surface area contributed by atoms with Crippen LogP contribution in [0.5, 0.6) is 0 Å². The predicted molar refractivity (Wildman–Crippen MR) is 60.6 cm³/mol. The molecule has 0 aromatic heterocycles. The van der Waals surface area contributed by atoms with Gasteiger partial charge in [0.25, 0.3) is 0 Å². The van der Waals surface area contributed by atoms with Gasteiger partial charge in [0, 0.05) is 5.02 Å². The number of aliphatic hydroxyl groups is 1. The van der Waals surface area contributed by atoms with Gasteiger partial charge in [-0.3, -0.25) is 0 Å². The number of rotatable bonds is 5. The van der Waals surface area contributed by atoms with Gasteiger partial charge in [-0.15, -0.1) is 0 Å². The summed E-state index contributed by atoms with van der Waals surface area (Å²) in [4.78, 5) is 0. The van der Waals surface area contributed by atoms with Gasteiger partial charge in [0.15, 0.2) is 0 Å². The summed E-state index contributed by atoms with van der Waals surface area (Å²) in [5.74, 6) is -0.308. The lowest BCUT2D eigenvalue weighted by Crippen LogP contribution is -2.04. The fourth-order valence-corrected chi connectivity index (χ4v) is 1.72. The first-order valence-electron chi connectivity index (χ1n) is 5.25. The summed E-state index contributed by atoms with van der Waals surface area (Å²) in [5, 5.41) is 9.83. The van der Waals surface area contributed by atoms with Gasteiger partial charge in [-0.25, -0.2) is 4.39 Å². The van der Waals surface area contributed by atoms with Crippen LogP contribution in [-0.4, -0.2) is 11.2 Å². The summed E-state index contributed by atoms with van der Waals surface area (Å²) in [6.07, 6.45) is 2.97. The fourth-order valence-electron chi connectivity index (χ4n) is 1.46. The molecule has 0 aliphatic carbocycles. The molecule has 0 spiro atoms. The molecule has 0 saturated heterocycles. The monoisotopic (exact) mass is 230 g/mol. The Hall–Kier alpha value is -0.600. The maximum Gasteiger partial charge on any atom is 0.124 e. The molecule has 1 N–H and O–H groups in total. The molecule has 1 aromatic carbocycles. The molecule has 0 radical (unpaired) electrons. The lowest BCUT2D eigenvalue weighted by atomic mass is 10.0. The highest BCUT2D eigenvalue weighted by atomic mass is 35.5. The van der Waals surface area contributed by atoms with E-state index in [-0.39, 0.29) is 11.9 Å². The second-order valence-electron chi connectivity index (χ2n) is 3.69. The van der Waals surface area contributed by atoms with Crippen molar-refractivity contribution in [2.24, 2.45) is 0 Å². The number of aryl methyl sites for hydroxylation is 1. The van der Waals surface area contributed by atoms with Crippen LogP contribution in [0.2, 0.25) is 5.02 Å². The number of hydrogen-bond donors (Lipinski definition) is 1. The SMILES string of the molecule is CCC(O)CCCc1ccc(F)cc1Cl. The molecule has 1 atom stereocenters. The van der Waals surface area contributed by atoms with Gasteiger partial charge in [0.05, 0.1) is 6.10 Å². The molecule has 1 aromatic rings. The van der Waals surface area contributed by atoms with E-state index in [9.17, 15) is 9.50 Å². The zero-order chi connectivity index (χ0) is 11.3. The zero-order valence-corrected chi connectivity index (χ0v) is 9.60. The van der Waals surface area contributed by atoms with Crippen molar-refractivity contribution in [2.75, 3.05) is 0 Å². The van der Waals surface area contributed by atoms with Crippen molar-refractivity contribution in [3.63, 3.8) is 0 Å². The summed E-state index contributed by atoms with van der Waals surface area (Å²) in [5.41, 5.74) is 0.946. The maximum atomic E-state index is 12.7. The molecule has 1 nitrogen and oxygen atoms in total. The third kappa shape index (κ3) is 4.18. The van der Waals surface area contributed by atoms with Gasteiger partial charge in [-0.2, -0.15) is 0 Å². The first-order valence-corrected chi connectivity index (χ1v) is 5.63. The Morgan fingerprint density at radius 1 is 1.47 bits per heavy atom. The van der Waals surface area contributed by atoms with E-state index in [2.05, 4.69) is 0 Å². The molecule has 0 amide bonds. The van der Waals surface area contributed by atoms with Crippen LogP contribution in [0, 0.1) is 5.82 Å². The third-order valence-corrected chi connectivity index (χ3v) is 2.82. The topological polar surface area (TPSA) is 20.2 Å². The van der Waals surface area contributed by atoms with Crippen molar-refractivity contribution in [1.29, 1.82) is 0 Å². The van der Waals surface area contributed by atoms with Crippen LogP contribution >= 0.6 is 11.6 Å². The Bertz CT molecular complexity index is 314. The second kappa shape index (κ2) is 6.09. The smallest absolute Gasteiger partial charge is 0.124 e. The summed E-state index contributed by atoms with van der Waals surface area (Å²) < 4.78 is 12.7. The van der Waals surface area contributed by atoms with Crippen molar-refractivity contribution >= 4 is 11.6 Å². The summed E-state index contributed by atoms with van der Waals surface area (Å²) in [7, 11) is 0. The molecular formula is C12H16ClFO. The van der Waals surface area contributed by atoms with Crippen LogP contribution in [0.4, 0.5) is 4.39 Å². The molecule has 15 heavy (non-hydrogen) atoms. The van der Waals surface area contributed by atoms with Gasteiger partial charge in [-0.05, 0) is 43.4 Å². The zero-order valence-electron chi connectivity index (χ0n) is 8.84. The summed E-state index contributed by atoms with van der Waals surface area (Å²) in [6.45, 7) is 1.95. The normalized spacial score (nSPS) is 12.8. The summed E-state index contributed by atoms with van der Waals surface area (Å²) >= 11 is 5.88. The van der Waals surface area contributed by atoms with Crippen molar-refractivity contribution in [3.05, 3.63) is 34.6 Å². The molecule has 1 rings (SSSR count). The molecule has 0 bridgehead atoms. The molecule has 0 saturated carbocycles. The molecule has 1 unspecified atom stereocenters. The van der Waals surface area contributed by atoms with Gasteiger partial charge < -0.3 is 5.11 Å².